The maximum Gasteiger partial charge on any atom is 0.306 e. The predicted octanol–water partition coefficient (Wildman–Crippen LogP) is 0.935. The lowest BCUT2D eigenvalue weighted by atomic mass is 9.90. The minimum Gasteiger partial charge on any atom is -0.465 e. The van der Waals surface area contributed by atoms with Gasteiger partial charge in [-0.15, -0.1) is 0 Å². The molecule has 14 heavy (non-hydrogen) atoms. The molecule has 80 valence electrons. The van der Waals surface area contributed by atoms with Crippen molar-refractivity contribution in [3.63, 3.8) is 0 Å². The van der Waals surface area contributed by atoms with Gasteiger partial charge in [-0.1, -0.05) is 6.92 Å². The van der Waals surface area contributed by atoms with E-state index in [1.165, 1.54) is 6.92 Å². The van der Waals surface area contributed by atoms with Crippen LogP contribution in [0.2, 0.25) is 0 Å². The molecule has 4 nitrogen and oxygen atoms in total. The third-order valence-electron chi connectivity index (χ3n) is 2.16. The van der Waals surface area contributed by atoms with Gasteiger partial charge < -0.3 is 14.3 Å². The molecule has 0 radical (unpaired) electrons. The molecule has 1 aliphatic rings. The van der Waals surface area contributed by atoms with Gasteiger partial charge in [0.2, 0.25) is 0 Å². The molecule has 0 unspecified atom stereocenters. The summed E-state index contributed by atoms with van der Waals surface area (Å²) in [5, 5.41) is 0. The van der Waals surface area contributed by atoms with Crippen LogP contribution in [0, 0.1) is 5.41 Å². The van der Waals surface area contributed by atoms with Gasteiger partial charge in [-0.25, -0.2) is 0 Å². The molecule has 0 bridgehead atoms. The number of carbonyl (C=O) groups excluding carboxylic acids is 2. The molecule has 1 heterocycles. The summed E-state index contributed by atoms with van der Waals surface area (Å²) in [6.07, 6.45) is 0.457. The summed E-state index contributed by atoms with van der Waals surface area (Å²) in [4.78, 5) is 21.7. The fraction of sp³-hybridized carbons (Fsp3) is 0.800. The van der Waals surface area contributed by atoms with Gasteiger partial charge in [0, 0.05) is 11.8 Å². The molecule has 0 N–H and O–H groups in total. The number of ketones is 1. The quantitative estimate of drug-likeness (QED) is 0.620. The normalized spacial score (nSPS) is 18.4. The van der Waals surface area contributed by atoms with Gasteiger partial charge >= 0.3 is 5.97 Å². The fourth-order valence-electron chi connectivity index (χ4n) is 1.14. The molecule has 4 heteroatoms. The van der Waals surface area contributed by atoms with Gasteiger partial charge in [0.1, 0.15) is 12.4 Å². The summed E-state index contributed by atoms with van der Waals surface area (Å²) in [7, 11) is 0. The molecule has 0 amide bonds. The number of carbonyl (C=O) groups is 2. The molecule has 0 aromatic heterocycles. The van der Waals surface area contributed by atoms with Crippen molar-refractivity contribution in [2.24, 2.45) is 5.41 Å². The summed E-state index contributed by atoms with van der Waals surface area (Å²) in [5.41, 5.74) is -0.00805. The zero-order chi connectivity index (χ0) is 10.6. The minimum absolute atomic E-state index is 0.00805. The summed E-state index contributed by atoms with van der Waals surface area (Å²) in [5.74, 6) is -0.284. The fourth-order valence-corrected chi connectivity index (χ4v) is 1.14. The van der Waals surface area contributed by atoms with E-state index in [1.807, 2.05) is 6.92 Å². The molecule has 1 saturated heterocycles. The molecule has 0 atom stereocenters. The van der Waals surface area contributed by atoms with Crippen molar-refractivity contribution < 1.29 is 19.1 Å². The van der Waals surface area contributed by atoms with Crippen LogP contribution in [0.1, 0.15) is 26.7 Å². The second-order valence-electron chi connectivity index (χ2n) is 4.17. The van der Waals surface area contributed by atoms with Crippen LogP contribution >= 0.6 is 0 Å². The number of rotatable bonds is 5. The van der Waals surface area contributed by atoms with Crippen LogP contribution in [0.4, 0.5) is 0 Å². The summed E-state index contributed by atoms with van der Waals surface area (Å²) < 4.78 is 10.1. The standard InChI is InChI=1S/C10H16O4/c1-8(11)3-4-9(12)14-7-10(2)5-13-6-10/h3-7H2,1-2H3. The highest BCUT2D eigenvalue weighted by atomic mass is 16.5. The summed E-state index contributed by atoms with van der Waals surface area (Å²) in [6.45, 7) is 5.16. The van der Waals surface area contributed by atoms with Crippen LogP contribution in [-0.2, 0) is 19.1 Å². The van der Waals surface area contributed by atoms with E-state index in [0.29, 0.717) is 19.8 Å². The molecule has 0 aromatic carbocycles. The Morgan fingerprint density at radius 2 is 2.00 bits per heavy atom. The topological polar surface area (TPSA) is 52.6 Å². The van der Waals surface area contributed by atoms with Crippen molar-refractivity contribution in [3.05, 3.63) is 0 Å². The third-order valence-corrected chi connectivity index (χ3v) is 2.16. The Hall–Kier alpha value is -0.900. The third kappa shape index (κ3) is 3.46. The van der Waals surface area contributed by atoms with Gasteiger partial charge in [-0.3, -0.25) is 4.79 Å². The summed E-state index contributed by atoms with van der Waals surface area (Å²) >= 11 is 0. The first-order chi connectivity index (χ1) is 6.52. The Bertz CT molecular complexity index is 230. The van der Waals surface area contributed by atoms with E-state index in [1.54, 1.807) is 0 Å². The van der Waals surface area contributed by atoms with E-state index >= 15 is 0 Å². The van der Waals surface area contributed by atoms with E-state index in [-0.39, 0.29) is 30.0 Å². The van der Waals surface area contributed by atoms with Crippen LogP contribution in [0.25, 0.3) is 0 Å². The average Bonchev–Trinajstić information content (AvgIpc) is 2.08. The molecule has 0 saturated carbocycles. The lowest BCUT2D eigenvalue weighted by Gasteiger charge is -2.37. The first kappa shape index (κ1) is 11.2. The van der Waals surface area contributed by atoms with Crippen molar-refractivity contribution in [3.8, 4) is 0 Å². The van der Waals surface area contributed by atoms with E-state index in [2.05, 4.69) is 0 Å². The molecule has 0 aliphatic carbocycles. The predicted molar refractivity (Wildman–Crippen MR) is 49.8 cm³/mol. The molecule has 0 aromatic rings. The molecule has 1 aliphatic heterocycles. The first-order valence-corrected chi connectivity index (χ1v) is 4.75. The monoisotopic (exact) mass is 200 g/mol. The number of Topliss-reactive ketones (excluding diaryl/α,β-unsaturated/α-hetero) is 1. The Morgan fingerprint density at radius 3 is 2.43 bits per heavy atom. The van der Waals surface area contributed by atoms with Crippen molar-refractivity contribution in [1.82, 2.24) is 0 Å². The van der Waals surface area contributed by atoms with Gasteiger partial charge in [-0.2, -0.15) is 0 Å². The second-order valence-corrected chi connectivity index (χ2v) is 4.17. The molecule has 1 fully saturated rings. The molecular weight excluding hydrogens is 184 g/mol. The van der Waals surface area contributed by atoms with Gasteiger partial charge in [0.05, 0.1) is 19.6 Å². The Morgan fingerprint density at radius 1 is 1.36 bits per heavy atom. The highest BCUT2D eigenvalue weighted by molar-refractivity contribution is 5.80. The van der Waals surface area contributed by atoms with Crippen molar-refractivity contribution in [2.75, 3.05) is 19.8 Å². The number of hydrogen-bond acceptors (Lipinski definition) is 4. The van der Waals surface area contributed by atoms with Crippen LogP contribution in [-0.4, -0.2) is 31.6 Å². The Kier molecular flexibility index (Phi) is 3.63. The van der Waals surface area contributed by atoms with Gasteiger partial charge in [0.15, 0.2) is 0 Å². The van der Waals surface area contributed by atoms with Crippen LogP contribution in [0.5, 0.6) is 0 Å². The number of esters is 1. The molecular formula is C10H16O4. The van der Waals surface area contributed by atoms with Crippen molar-refractivity contribution in [1.29, 1.82) is 0 Å². The maximum atomic E-state index is 11.1. The lowest BCUT2D eigenvalue weighted by Crippen LogP contribution is -2.44. The van der Waals surface area contributed by atoms with E-state index in [0.717, 1.165) is 0 Å². The average molecular weight is 200 g/mol. The maximum absolute atomic E-state index is 11.1. The van der Waals surface area contributed by atoms with Crippen molar-refractivity contribution in [2.45, 2.75) is 26.7 Å². The SMILES string of the molecule is CC(=O)CCC(=O)OCC1(C)COC1. The largest absolute Gasteiger partial charge is 0.465 e. The Labute approximate surface area is 83.6 Å². The summed E-state index contributed by atoms with van der Waals surface area (Å²) in [6, 6.07) is 0. The molecule has 0 spiro atoms. The van der Waals surface area contributed by atoms with E-state index in [4.69, 9.17) is 9.47 Å². The van der Waals surface area contributed by atoms with Crippen LogP contribution < -0.4 is 0 Å². The molecule has 1 rings (SSSR count). The smallest absolute Gasteiger partial charge is 0.306 e. The zero-order valence-electron chi connectivity index (χ0n) is 8.67. The van der Waals surface area contributed by atoms with Crippen LogP contribution in [0.15, 0.2) is 0 Å². The second kappa shape index (κ2) is 4.55. The van der Waals surface area contributed by atoms with Crippen molar-refractivity contribution >= 4 is 11.8 Å². The lowest BCUT2D eigenvalue weighted by molar-refractivity contribution is -0.165. The number of hydrogen-bond donors (Lipinski definition) is 0. The van der Waals surface area contributed by atoms with Gasteiger partial charge in [0.25, 0.3) is 0 Å². The van der Waals surface area contributed by atoms with Crippen LogP contribution in [0.3, 0.4) is 0 Å². The Balaban J connectivity index is 2.11. The minimum atomic E-state index is -0.298. The first-order valence-electron chi connectivity index (χ1n) is 4.75. The number of ether oxygens (including phenoxy) is 2. The van der Waals surface area contributed by atoms with Gasteiger partial charge in [-0.05, 0) is 6.92 Å². The van der Waals surface area contributed by atoms with E-state index in [9.17, 15) is 9.59 Å². The highest BCUT2D eigenvalue weighted by Crippen LogP contribution is 2.26. The van der Waals surface area contributed by atoms with E-state index < -0.39 is 0 Å². The zero-order valence-corrected chi connectivity index (χ0v) is 8.67. The highest BCUT2D eigenvalue weighted by Gasteiger charge is 2.34.